The lowest BCUT2D eigenvalue weighted by molar-refractivity contribution is -0.125. The summed E-state index contributed by atoms with van der Waals surface area (Å²) in [5, 5.41) is 7.42. The zero-order valence-corrected chi connectivity index (χ0v) is 12.4. The van der Waals surface area contributed by atoms with Crippen LogP contribution in [-0.2, 0) is 4.79 Å². The van der Waals surface area contributed by atoms with Crippen LogP contribution in [0.1, 0.15) is 26.2 Å². The van der Waals surface area contributed by atoms with Gasteiger partial charge >= 0.3 is 0 Å². The molecule has 4 nitrogen and oxygen atoms in total. The molecule has 1 atom stereocenters. The number of hydrogen-bond donors (Lipinski definition) is 2. The summed E-state index contributed by atoms with van der Waals surface area (Å²) >= 11 is 0. The SMILES string of the molecule is CCCC1(C(=O)Nc2cnc3ccccc3c2)CCNC1. The van der Waals surface area contributed by atoms with Gasteiger partial charge in [0.1, 0.15) is 0 Å². The molecule has 0 saturated carbocycles. The number of fused-ring (bicyclic) bond motifs is 1. The van der Waals surface area contributed by atoms with Crippen molar-refractivity contribution < 1.29 is 4.79 Å². The van der Waals surface area contributed by atoms with Crippen LogP contribution in [-0.4, -0.2) is 24.0 Å². The summed E-state index contributed by atoms with van der Waals surface area (Å²) in [6.07, 6.45) is 4.59. The monoisotopic (exact) mass is 283 g/mol. The van der Waals surface area contributed by atoms with Crippen LogP contribution in [0.4, 0.5) is 5.69 Å². The van der Waals surface area contributed by atoms with E-state index in [1.807, 2.05) is 30.3 Å². The molecule has 21 heavy (non-hydrogen) atoms. The molecule has 2 aromatic rings. The van der Waals surface area contributed by atoms with Gasteiger partial charge in [-0.15, -0.1) is 0 Å². The third-order valence-electron chi connectivity index (χ3n) is 4.30. The van der Waals surface area contributed by atoms with E-state index in [1.165, 1.54) is 0 Å². The summed E-state index contributed by atoms with van der Waals surface area (Å²) in [7, 11) is 0. The zero-order chi connectivity index (χ0) is 14.7. The van der Waals surface area contributed by atoms with Crippen LogP contribution in [0.2, 0.25) is 0 Å². The van der Waals surface area contributed by atoms with Gasteiger partial charge in [0.2, 0.25) is 5.91 Å². The summed E-state index contributed by atoms with van der Waals surface area (Å²) in [5.41, 5.74) is 1.46. The lowest BCUT2D eigenvalue weighted by Gasteiger charge is -2.26. The molecule has 1 amide bonds. The molecule has 0 bridgehead atoms. The Kier molecular flexibility index (Phi) is 3.88. The molecule has 1 aliphatic rings. The molecule has 1 aromatic heterocycles. The molecule has 2 N–H and O–H groups in total. The smallest absolute Gasteiger partial charge is 0.231 e. The minimum absolute atomic E-state index is 0.117. The van der Waals surface area contributed by atoms with Crippen molar-refractivity contribution in [3.8, 4) is 0 Å². The Morgan fingerprint density at radius 2 is 2.29 bits per heavy atom. The Labute approximate surface area is 125 Å². The van der Waals surface area contributed by atoms with Gasteiger partial charge in [-0.1, -0.05) is 31.5 Å². The van der Waals surface area contributed by atoms with E-state index < -0.39 is 0 Å². The van der Waals surface area contributed by atoms with Gasteiger partial charge in [0.05, 0.1) is 22.8 Å². The highest BCUT2D eigenvalue weighted by Crippen LogP contribution is 2.32. The quantitative estimate of drug-likeness (QED) is 0.907. The van der Waals surface area contributed by atoms with Crippen molar-refractivity contribution in [1.29, 1.82) is 0 Å². The minimum atomic E-state index is -0.263. The normalized spacial score (nSPS) is 21.6. The number of carbonyl (C=O) groups is 1. The first kappa shape index (κ1) is 14.0. The topological polar surface area (TPSA) is 54.0 Å². The molecule has 1 aliphatic heterocycles. The van der Waals surface area contributed by atoms with Gasteiger partial charge in [0.15, 0.2) is 0 Å². The summed E-state index contributed by atoms with van der Waals surface area (Å²) in [6, 6.07) is 9.92. The van der Waals surface area contributed by atoms with Gasteiger partial charge in [-0.25, -0.2) is 0 Å². The van der Waals surface area contributed by atoms with E-state index in [4.69, 9.17) is 0 Å². The number of nitrogens with one attached hydrogen (secondary N) is 2. The second-order valence-electron chi connectivity index (χ2n) is 5.83. The maximum atomic E-state index is 12.7. The number of benzene rings is 1. The van der Waals surface area contributed by atoms with E-state index in [2.05, 4.69) is 22.5 Å². The minimum Gasteiger partial charge on any atom is -0.324 e. The number of aromatic nitrogens is 1. The second kappa shape index (κ2) is 5.82. The third-order valence-corrected chi connectivity index (χ3v) is 4.30. The van der Waals surface area contributed by atoms with Crippen LogP contribution in [0.25, 0.3) is 10.9 Å². The van der Waals surface area contributed by atoms with Crippen molar-refractivity contribution in [2.45, 2.75) is 26.2 Å². The van der Waals surface area contributed by atoms with E-state index in [-0.39, 0.29) is 11.3 Å². The van der Waals surface area contributed by atoms with Gasteiger partial charge in [-0.05, 0) is 31.5 Å². The van der Waals surface area contributed by atoms with Gasteiger partial charge in [0, 0.05) is 11.9 Å². The Morgan fingerprint density at radius 3 is 3.05 bits per heavy atom. The van der Waals surface area contributed by atoms with Crippen molar-refractivity contribution >= 4 is 22.5 Å². The number of para-hydroxylation sites is 1. The summed E-state index contributed by atoms with van der Waals surface area (Å²) in [4.78, 5) is 17.1. The van der Waals surface area contributed by atoms with Crippen molar-refractivity contribution in [2.24, 2.45) is 5.41 Å². The molecule has 1 aromatic carbocycles. The first-order valence-corrected chi connectivity index (χ1v) is 7.60. The Balaban J connectivity index is 1.82. The van der Waals surface area contributed by atoms with Crippen LogP contribution < -0.4 is 10.6 Å². The van der Waals surface area contributed by atoms with E-state index in [0.717, 1.165) is 48.9 Å². The van der Waals surface area contributed by atoms with Gasteiger partial charge < -0.3 is 10.6 Å². The fourth-order valence-electron chi connectivity index (χ4n) is 3.15. The van der Waals surface area contributed by atoms with E-state index in [9.17, 15) is 4.79 Å². The fraction of sp³-hybridized carbons (Fsp3) is 0.412. The maximum absolute atomic E-state index is 12.7. The average Bonchev–Trinajstić information content (AvgIpc) is 2.97. The number of anilines is 1. The third kappa shape index (κ3) is 2.76. The average molecular weight is 283 g/mol. The number of carbonyl (C=O) groups excluding carboxylic acids is 1. The summed E-state index contributed by atoms with van der Waals surface area (Å²) in [5.74, 6) is 0.117. The molecule has 1 unspecified atom stereocenters. The number of pyridine rings is 1. The van der Waals surface area contributed by atoms with Crippen LogP contribution in [0, 0.1) is 5.41 Å². The molecule has 0 radical (unpaired) electrons. The molecule has 110 valence electrons. The molecule has 4 heteroatoms. The van der Waals surface area contributed by atoms with E-state index in [1.54, 1.807) is 6.20 Å². The standard InChI is InChI=1S/C17H21N3O/c1-2-7-17(8-9-18-12-17)16(21)20-14-10-13-5-3-4-6-15(13)19-11-14/h3-6,10-11,18H,2,7-9,12H2,1H3,(H,20,21). The first-order valence-electron chi connectivity index (χ1n) is 7.60. The number of nitrogens with zero attached hydrogens (tertiary/aromatic N) is 1. The predicted molar refractivity (Wildman–Crippen MR) is 85.2 cm³/mol. The van der Waals surface area contributed by atoms with Gasteiger partial charge in [-0.3, -0.25) is 9.78 Å². The van der Waals surface area contributed by atoms with Crippen molar-refractivity contribution in [2.75, 3.05) is 18.4 Å². The van der Waals surface area contributed by atoms with Crippen molar-refractivity contribution in [3.63, 3.8) is 0 Å². The molecule has 0 spiro atoms. The highest BCUT2D eigenvalue weighted by Gasteiger charge is 2.40. The molecular formula is C17H21N3O. The fourth-order valence-corrected chi connectivity index (χ4v) is 3.15. The van der Waals surface area contributed by atoms with Crippen LogP contribution in [0.3, 0.4) is 0 Å². The maximum Gasteiger partial charge on any atom is 0.231 e. The number of amides is 1. The van der Waals surface area contributed by atoms with Crippen molar-refractivity contribution in [3.05, 3.63) is 36.5 Å². The van der Waals surface area contributed by atoms with Crippen molar-refractivity contribution in [1.82, 2.24) is 10.3 Å². The van der Waals surface area contributed by atoms with Crippen LogP contribution in [0.15, 0.2) is 36.5 Å². The van der Waals surface area contributed by atoms with Gasteiger partial charge in [0.25, 0.3) is 0 Å². The lowest BCUT2D eigenvalue weighted by Crippen LogP contribution is -2.38. The molecule has 2 heterocycles. The highest BCUT2D eigenvalue weighted by atomic mass is 16.2. The Bertz CT molecular complexity index is 647. The van der Waals surface area contributed by atoms with E-state index >= 15 is 0 Å². The lowest BCUT2D eigenvalue weighted by atomic mass is 9.81. The largest absolute Gasteiger partial charge is 0.324 e. The molecule has 1 saturated heterocycles. The molecular weight excluding hydrogens is 262 g/mol. The predicted octanol–water partition coefficient (Wildman–Crippen LogP) is 2.95. The van der Waals surface area contributed by atoms with Crippen LogP contribution >= 0.6 is 0 Å². The molecule has 0 aliphatic carbocycles. The van der Waals surface area contributed by atoms with Crippen LogP contribution in [0.5, 0.6) is 0 Å². The zero-order valence-electron chi connectivity index (χ0n) is 12.4. The number of rotatable bonds is 4. The highest BCUT2D eigenvalue weighted by molar-refractivity contribution is 5.97. The van der Waals surface area contributed by atoms with E-state index in [0.29, 0.717) is 0 Å². The summed E-state index contributed by atoms with van der Waals surface area (Å²) in [6.45, 7) is 3.82. The molecule has 3 rings (SSSR count). The number of hydrogen-bond acceptors (Lipinski definition) is 3. The molecule has 1 fully saturated rings. The Hall–Kier alpha value is -1.94. The second-order valence-corrected chi connectivity index (χ2v) is 5.83. The first-order chi connectivity index (χ1) is 10.2. The summed E-state index contributed by atoms with van der Waals surface area (Å²) < 4.78 is 0. The van der Waals surface area contributed by atoms with Gasteiger partial charge in [-0.2, -0.15) is 0 Å². The Morgan fingerprint density at radius 1 is 1.43 bits per heavy atom.